The van der Waals surface area contributed by atoms with Crippen molar-refractivity contribution in [3.05, 3.63) is 83.9 Å². The number of rotatable bonds is 51. The van der Waals surface area contributed by atoms with E-state index in [-0.39, 0.29) is 62.5 Å². The summed E-state index contributed by atoms with van der Waals surface area (Å²) in [5.41, 5.74) is 28.9. The van der Waals surface area contributed by atoms with Crippen LogP contribution in [0.4, 0.5) is 0 Å². The Balaban J connectivity index is 1.76. The molecule has 0 saturated heterocycles. The number of phenolic OH excluding ortho intramolecular Hbond substituents is 1. The highest BCUT2D eigenvalue weighted by atomic mass is 32.1. The number of H-pyrrole nitrogens is 1. The fourth-order valence-electron chi connectivity index (χ4n) is 10.6. The van der Waals surface area contributed by atoms with E-state index in [0.29, 0.717) is 11.1 Å². The van der Waals surface area contributed by atoms with Crippen molar-refractivity contribution < 1.29 is 107 Å². The van der Waals surface area contributed by atoms with Crippen LogP contribution < -0.4 is 103 Å². The lowest BCUT2D eigenvalue weighted by atomic mass is 10.0. The number of benzene rings is 2. The number of hydrogen-bond donors (Lipinski definition) is 26. The summed E-state index contributed by atoms with van der Waals surface area (Å²) in [4.78, 5) is 246. The number of guanidine groups is 1. The van der Waals surface area contributed by atoms with Gasteiger partial charge in [0, 0.05) is 44.2 Å². The highest BCUT2D eigenvalue weighted by Gasteiger charge is 2.38. The van der Waals surface area contributed by atoms with E-state index in [1.807, 2.05) is 0 Å². The number of carbonyl (C=O) groups excluding carboxylic acids is 16. The van der Waals surface area contributed by atoms with Gasteiger partial charge in [0.1, 0.15) is 84.3 Å². The number of carboxylic acids is 2. The molecule has 16 amide bonds. The lowest BCUT2D eigenvalue weighted by Gasteiger charge is -2.27. The Bertz CT molecular complexity index is 3880. The average Bonchev–Trinajstić information content (AvgIpc) is 1.08. The van der Waals surface area contributed by atoms with Crippen molar-refractivity contribution in [1.82, 2.24) is 84.4 Å². The number of carboxylic acid groups (broad SMARTS) is 2. The Hall–Kier alpha value is -12.6. The van der Waals surface area contributed by atoms with Crippen LogP contribution in [-0.2, 0) is 106 Å². The number of aromatic amines is 1. The number of imidazole rings is 1. The zero-order chi connectivity index (χ0) is 85.6. The van der Waals surface area contributed by atoms with Gasteiger partial charge in [0.25, 0.3) is 0 Å². The average molecular weight is 1620 g/mol. The molecule has 3 rings (SSSR count). The lowest BCUT2D eigenvalue weighted by molar-refractivity contribution is -0.143. The molecule has 2 aromatic carbocycles. The number of aromatic nitrogens is 2. The van der Waals surface area contributed by atoms with Gasteiger partial charge in [0.15, 0.2) is 5.96 Å². The summed E-state index contributed by atoms with van der Waals surface area (Å²) in [7, 11) is 0. The summed E-state index contributed by atoms with van der Waals surface area (Å²) >= 11 is 4.16. The van der Waals surface area contributed by atoms with E-state index in [4.69, 9.17) is 34.1 Å². The normalized spacial score (nSPS) is 14.6. The maximum atomic E-state index is 14.1. The zero-order valence-corrected chi connectivity index (χ0v) is 63.9. The Morgan fingerprint density at radius 1 is 0.456 bits per heavy atom. The second-order valence-corrected chi connectivity index (χ2v) is 27.2. The number of phenols is 1. The topological polar surface area (TPSA) is 739 Å². The molecule has 45 heteroatoms. The molecule has 0 spiro atoms. The molecule has 0 saturated carbocycles. The fourth-order valence-corrected chi connectivity index (χ4v) is 10.9. The first-order valence-corrected chi connectivity index (χ1v) is 36.3. The van der Waals surface area contributed by atoms with Crippen molar-refractivity contribution in [3.63, 3.8) is 0 Å². The molecular weight excluding hydrogens is 1520 g/mol. The summed E-state index contributed by atoms with van der Waals surface area (Å²) in [6.45, 7) is 5.61. The molecule has 44 nitrogen and oxygen atoms in total. The van der Waals surface area contributed by atoms with Crippen LogP contribution in [0.25, 0.3) is 0 Å². The summed E-state index contributed by atoms with van der Waals surface area (Å²) in [6.07, 6.45) is -2.33. The number of amides is 16. The monoisotopic (exact) mass is 1620 g/mol. The first kappa shape index (κ1) is 95.7. The summed E-state index contributed by atoms with van der Waals surface area (Å²) in [6, 6.07) is -8.84. The van der Waals surface area contributed by atoms with E-state index in [2.05, 4.69) is 97.0 Å². The highest BCUT2D eigenvalue weighted by molar-refractivity contribution is 7.80. The number of thiol groups is 1. The minimum absolute atomic E-state index is 0.00203. The number of carbonyl (C=O) groups is 18. The predicted octanol–water partition coefficient (Wildman–Crippen LogP) is -8.97. The maximum Gasteiger partial charge on any atom is 0.326 e. The van der Waals surface area contributed by atoms with E-state index in [9.17, 15) is 107 Å². The van der Waals surface area contributed by atoms with E-state index in [1.54, 1.807) is 56.3 Å². The predicted molar refractivity (Wildman–Crippen MR) is 404 cm³/mol. The van der Waals surface area contributed by atoms with Crippen LogP contribution in [0.3, 0.4) is 0 Å². The zero-order valence-electron chi connectivity index (χ0n) is 63.0. The Morgan fingerprint density at radius 3 is 1.36 bits per heavy atom. The van der Waals surface area contributed by atoms with Crippen molar-refractivity contribution in [2.24, 2.45) is 34.6 Å². The molecule has 626 valence electrons. The van der Waals surface area contributed by atoms with Crippen molar-refractivity contribution in [2.75, 3.05) is 18.9 Å². The minimum atomic E-state index is -2.00. The third-order valence-electron chi connectivity index (χ3n) is 16.7. The van der Waals surface area contributed by atoms with Crippen LogP contribution in [0.15, 0.2) is 67.1 Å². The third kappa shape index (κ3) is 35.2. The Labute approximate surface area is 658 Å². The van der Waals surface area contributed by atoms with Gasteiger partial charge in [-0.15, -0.1) is 0 Å². The molecular formula is C69H102N22O22S. The standard InChI is InChI=1S/C69H102N22O22S/c1-32(2)22-44(62(106)81-35(5)56(100)82-42(17-19-51(71)94)61(105)91-50(30-114)67(111)86-45(24-36-10-7-6-8-11-36)64(108)89-48(68(112)113)27-53(73)96)85-65(109)47(26-52(72)95)88-60(104)43(18-20-54(97)98)84-66(110)49(29-92)90-57(101)34(4)79-55(99)33(3)80-63(107)46(25-38-28-76-31-78-38)87-59(103)41(12-9-21-77-69(74)75)83-58(102)40(70)23-37-13-15-39(93)16-14-37/h6-8,10-11,13-16,28,31-35,40-50,92-93,114H,9,12,17-27,29-30,70H2,1-5H3,(H2,71,94)(H2,72,95)(H2,73,96)(H,76,78)(H,79,99)(H,80,107)(H,81,106)(H,82,100)(H,83,102)(H,84,110)(H,85,109)(H,86,111)(H,87,103)(H,88,104)(H,89,108)(H,90,101)(H,91,105)(H,97,98)(H,112,113)(H4,74,75,77)/t33-,34-,35-,40-,41-,42-,43-,44-,45-,46-,47-,48-,49-,50-/m0/s1. The number of aliphatic carboxylic acids is 2. The van der Waals surface area contributed by atoms with Gasteiger partial charge in [-0.05, 0) is 88.5 Å². The number of primary amides is 3. The van der Waals surface area contributed by atoms with Crippen LogP contribution >= 0.6 is 12.6 Å². The van der Waals surface area contributed by atoms with Crippen LogP contribution in [0.2, 0.25) is 0 Å². The number of nitrogens with two attached hydrogens (primary N) is 5. The molecule has 14 atom stereocenters. The highest BCUT2D eigenvalue weighted by Crippen LogP contribution is 2.14. The van der Waals surface area contributed by atoms with E-state index < -0.39 is 248 Å². The first-order valence-electron chi connectivity index (χ1n) is 35.7. The van der Waals surface area contributed by atoms with Gasteiger partial charge in [-0.3, -0.25) is 86.9 Å². The van der Waals surface area contributed by atoms with Gasteiger partial charge in [-0.1, -0.05) is 56.3 Å². The summed E-state index contributed by atoms with van der Waals surface area (Å²) in [5.74, 6) is -21.8. The molecule has 0 radical (unpaired) electrons. The van der Waals surface area contributed by atoms with Gasteiger partial charge in [-0.25, -0.2) is 9.78 Å². The number of nitrogens with one attached hydrogen (secondary N) is 16. The molecule has 1 heterocycles. The second-order valence-electron chi connectivity index (χ2n) is 26.8. The molecule has 0 aliphatic heterocycles. The lowest BCUT2D eigenvalue weighted by Crippen LogP contribution is -2.61. The number of hydrogen-bond acceptors (Lipinski definition) is 24. The molecule has 0 unspecified atom stereocenters. The Kier molecular flexibility index (Phi) is 40.5. The number of nitrogens with zero attached hydrogens (tertiary/aromatic N) is 1. The Morgan fingerprint density at radius 2 is 0.860 bits per heavy atom. The molecule has 0 fully saturated rings. The van der Waals surface area contributed by atoms with Crippen molar-refractivity contribution >= 4 is 125 Å². The molecule has 3 aromatic rings. The van der Waals surface area contributed by atoms with Crippen molar-refractivity contribution in [2.45, 2.75) is 196 Å². The van der Waals surface area contributed by atoms with Crippen LogP contribution in [-0.4, -0.2) is 246 Å². The van der Waals surface area contributed by atoms with E-state index >= 15 is 0 Å². The molecule has 0 aliphatic carbocycles. The second kappa shape index (κ2) is 48.3. The van der Waals surface area contributed by atoms with Crippen LogP contribution in [0, 0.1) is 11.3 Å². The largest absolute Gasteiger partial charge is 0.508 e. The quantitative estimate of drug-likeness (QED) is 0.0108. The number of aromatic hydroxyl groups is 1. The number of aliphatic hydroxyl groups is 1. The van der Waals surface area contributed by atoms with Gasteiger partial charge in [-0.2, -0.15) is 12.6 Å². The van der Waals surface area contributed by atoms with Gasteiger partial charge < -0.3 is 129 Å². The first-order chi connectivity index (χ1) is 53.6. The van der Waals surface area contributed by atoms with Crippen molar-refractivity contribution in [3.8, 4) is 5.75 Å². The van der Waals surface area contributed by atoms with Gasteiger partial charge >= 0.3 is 11.9 Å². The smallest absolute Gasteiger partial charge is 0.326 e. The SMILES string of the molecule is CC(C)C[C@H](NC(=O)[C@H](CC(N)=O)NC(=O)[C@H](CCC(=O)O)NC(=O)[C@H](CO)NC(=O)[C@H](C)NC(=O)[C@H](C)NC(=O)[C@H](Cc1c[nH]cn1)NC(=O)[C@H](CCCNC(=N)N)NC(=O)[C@@H](N)Cc1ccc(O)cc1)C(=O)N[C@@H](C)C(=O)N[C@@H](CCC(N)=O)C(=O)N[C@@H](CS)C(=O)N[C@@H](Cc1ccccc1)C(=O)N[C@@H](CC(N)=O)C(=O)O. The summed E-state index contributed by atoms with van der Waals surface area (Å²) < 4.78 is 0. The van der Waals surface area contributed by atoms with E-state index in [1.165, 1.54) is 31.6 Å². The molecule has 0 aliphatic rings. The third-order valence-corrected chi connectivity index (χ3v) is 17.1. The van der Waals surface area contributed by atoms with Crippen molar-refractivity contribution in [1.29, 1.82) is 5.41 Å². The van der Waals surface area contributed by atoms with Crippen LogP contribution in [0.5, 0.6) is 5.75 Å². The van der Waals surface area contributed by atoms with Gasteiger partial charge in [0.05, 0.1) is 37.5 Å². The summed E-state index contributed by atoms with van der Waals surface area (Å²) in [5, 5.41) is 79.7. The number of aliphatic hydroxyl groups excluding tert-OH is 1. The molecule has 30 N–H and O–H groups in total. The molecule has 0 bridgehead atoms. The van der Waals surface area contributed by atoms with Gasteiger partial charge in [0.2, 0.25) is 94.5 Å². The van der Waals surface area contributed by atoms with Crippen LogP contribution in [0.1, 0.15) is 109 Å². The molecule has 1 aromatic heterocycles. The maximum absolute atomic E-state index is 14.1. The fraction of sp³-hybridized carbons (Fsp3) is 0.507. The molecule has 114 heavy (non-hydrogen) atoms. The minimum Gasteiger partial charge on any atom is -0.508 e. The van der Waals surface area contributed by atoms with E-state index in [0.717, 1.165) is 13.8 Å².